The highest BCUT2D eigenvalue weighted by Gasteiger charge is 2.18. The molecule has 0 aromatic heterocycles. The smallest absolute Gasteiger partial charge is 0.236 e. The van der Waals surface area contributed by atoms with Crippen LogP contribution in [0.5, 0.6) is 0 Å². The summed E-state index contributed by atoms with van der Waals surface area (Å²) in [5.41, 5.74) is 5.47. The van der Waals surface area contributed by atoms with E-state index < -0.39 is 0 Å². The van der Waals surface area contributed by atoms with Gasteiger partial charge in [-0.1, -0.05) is 6.92 Å². The first kappa shape index (κ1) is 12.4. The molecular weight excluding hydrogens is 166 g/mol. The van der Waals surface area contributed by atoms with Crippen molar-refractivity contribution in [1.29, 1.82) is 0 Å². The van der Waals surface area contributed by atoms with Gasteiger partial charge in [0.1, 0.15) is 0 Å². The molecule has 1 atom stereocenters. The zero-order valence-corrected chi connectivity index (χ0v) is 8.84. The standard InChI is InChI=1S/C9H21N3O/c1-4-6-12(7-5-10)8(2)9(13)11-3/h8H,4-7,10H2,1-3H3,(H,11,13). The molecule has 0 aromatic carbocycles. The quantitative estimate of drug-likeness (QED) is 0.605. The van der Waals surface area contributed by atoms with Gasteiger partial charge in [0.25, 0.3) is 0 Å². The minimum atomic E-state index is -0.0755. The average molecular weight is 187 g/mol. The number of rotatable bonds is 6. The highest BCUT2D eigenvalue weighted by molar-refractivity contribution is 5.80. The first-order chi connectivity index (χ1) is 6.17. The van der Waals surface area contributed by atoms with Crippen LogP contribution in [0.15, 0.2) is 0 Å². The van der Waals surface area contributed by atoms with Crippen molar-refractivity contribution in [2.75, 3.05) is 26.7 Å². The molecule has 0 bridgehead atoms. The first-order valence-corrected chi connectivity index (χ1v) is 4.83. The second-order valence-electron chi connectivity index (χ2n) is 3.11. The van der Waals surface area contributed by atoms with E-state index in [0.717, 1.165) is 19.5 Å². The highest BCUT2D eigenvalue weighted by atomic mass is 16.2. The lowest BCUT2D eigenvalue weighted by atomic mass is 10.2. The fourth-order valence-corrected chi connectivity index (χ4v) is 1.33. The Morgan fingerprint density at radius 1 is 1.54 bits per heavy atom. The zero-order chi connectivity index (χ0) is 10.3. The van der Waals surface area contributed by atoms with Gasteiger partial charge in [-0.3, -0.25) is 9.69 Å². The lowest BCUT2D eigenvalue weighted by Gasteiger charge is -2.26. The summed E-state index contributed by atoms with van der Waals surface area (Å²) in [5, 5.41) is 2.64. The molecule has 0 aliphatic heterocycles. The Balaban J connectivity index is 4.08. The molecule has 1 amide bonds. The Labute approximate surface area is 80.5 Å². The molecule has 0 saturated carbocycles. The largest absolute Gasteiger partial charge is 0.358 e. The monoisotopic (exact) mass is 187 g/mol. The molecule has 0 aromatic rings. The molecular formula is C9H21N3O. The molecule has 1 unspecified atom stereocenters. The Kier molecular flexibility index (Phi) is 6.54. The summed E-state index contributed by atoms with van der Waals surface area (Å²) < 4.78 is 0. The van der Waals surface area contributed by atoms with Crippen molar-refractivity contribution in [2.24, 2.45) is 5.73 Å². The van der Waals surface area contributed by atoms with Gasteiger partial charge in [-0.15, -0.1) is 0 Å². The molecule has 0 aliphatic carbocycles. The maximum absolute atomic E-state index is 11.3. The third kappa shape index (κ3) is 4.24. The topological polar surface area (TPSA) is 58.4 Å². The molecule has 13 heavy (non-hydrogen) atoms. The summed E-state index contributed by atoms with van der Waals surface area (Å²) in [7, 11) is 1.66. The minimum Gasteiger partial charge on any atom is -0.358 e. The van der Waals surface area contributed by atoms with E-state index in [0.29, 0.717) is 6.54 Å². The molecule has 4 nitrogen and oxygen atoms in total. The molecule has 0 heterocycles. The first-order valence-electron chi connectivity index (χ1n) is 4.83. The zero-order valence-electron chi connectivity index (χ0n) is 8.84. The van der Waals surface area contributed by atoms with Crippen molar-refractivity contribution in [3.63, 3.8) is 0 Å². The predicted octanol–water partition coefficient (Wildman–Crippen LogP) is -0.208. The number of nitrogens with one attached hydrogen (secondary N) is 1. The number of carbonyl (C=O) groups is 1. The van der Waals surface area contributed by atoms with Gasteiger partial charge in [0.15, 0.2) is 0 Å². The lowest BCUT2D eigenvalue weighted by Crippen LogP contribution is -2.46. The summed E-state index contributed by atoms with van der Waals surface area (Å²) in [6.45, 7) is 6.31. The normalized spacial score (nSPS) is 13.0. The highest BCUT2D eigenvalue weighted by Crippen LogP contribution is 1.99. The van der Waals surface area contributed by atoms with E-state index in [9.17, 15) is 4.79 Å². The Bertz CT molecular complexity index is 144. The van der Waals surface area contributed by atoms with Crippen LogP contribution < -0.4 is 11.1 Å². The number of nitrogens with two attached hydrogens (primary N) is 1. The van der Waals surface area contributed by atoms with Crippen LogP contribution in [0.4, 0.5) is 0 Å². The van der Waals surface area contributed by atoms with E-state index in [1.54, 1.807) is 7.05 Å². The second kappa shape index (κ2) is 6.86. The SMILES string of the molecule is CCCN(CCN)C(C)C(=O)NC. The van der Waals surface area contributed by atoms with Crippen molar-refractivity contribution in [2.45, 2.75) is 26.3 Å². The van der Waals surface area contributed by atoms with Crippen LogP contribution in [0.25, 0.3) is 0 Å². The molecule has 0 fully saturated rings. The van der Waals surface area contributed by atoms with E-state index in [1.807, 2.05) is 6.92 Å². The summed E-state index contributed by atoms with van der Waals surface area (Å²) in [6, 6.07) is -0.0755. The molecule has 78 valence electrons. The number of hydrogen-bond acceptors (Lipinski definition) is 3. The molecule has 3 N–H and O–H groups in total. The van der Waals surface area contributed by atoms with Crippen LogP contribution in [0.1, 0.15) is 20.3 Å². The van der Waals surface area contributed by atoms with Gasteiger partial charge < -0.3 is 11.1 Å². The third-order valence-corrected chi connectivity index (χ3v) is 2.10. The summed E-state index contributed by atoms with van der Waals surface area (Å²) >= 11 is 0. The maximum atomic E-state index is 11.3. The molecule has 0 rings (SSSR count). The number of carbonyl (C=O) groups excluding carboxylic acids is 1. The van der Waals surface area contributed by atoms with Gasteiger partial charge in [0, 0.05) is 20.1 Å². The third-order valence-electron chi connectivity index (χ3n) is 2.10. The van der Waals surface area contributed by atoms with Gasteiger partial charge in [0.05, 0.1) is 6.04 Å². The van der Waals surface area contributed by atoms with Crippen LogP contribution in [-0.2, 0) is 4.79 Å². The summed E-state index contributed by atoms with van der Waals surface area (Å²) in [6.07, 6.45) is 1.04. The van der Waals surface area contributed by atoms with E-state index in [2.05, 4.69) is 17.1 Å². The van der Waals surface area contributed by atoms with Crippen LogP contribution in [0.2, 0.25) is 0 Å². The summed E-state index contributed by atoms with van der Waals surface area (Å²) in [5.74, 6) is 0.0573. The van der Waals surface area contributed by atoms with E-state index >= 15 is 0 Å². The molecule has 0 saturated heterocycles. The summed E-state index contributed by atoms with van der Waals surface area (Å²) in [4.78, 5) is 13.4. The van der Waals surface area contributed by atoms with E-state index in [1.165, 1.54) is 0 Å². The fraction of sp³-hybridized carbons (Fsp3) is 0.889. The number of hydrogen-bond donors (Lipinski definition) is 2. The Morgan fingerprint density at radius 2 is 2.15 bits per heavy atom. The van der Waals surface area contributed by atoms with Crippen molar-refractivity contribution in [1.82, 2.24) is 10.2 Å². The molecule has 0 spiro atoms. The average Bonchev–Trinajstić information content (AvgIpc) is 2.15. The van der Waals surface area contributed by atoms with Crippen molar-refractivity contribution in [3.05, 3.63) is 0 Å². The Hall–Kier alpha value is -0.610. The number of nitrogens with zero attached hydrogens (tertiary/aromatic N) is 1. The van der Waals surface area contributed by atoms with Gasteiger partial charge >= 0.3 is 0 Å². The van der Waals surface area contributed by atoms with Crippen LogP contribution in [-0.4, -0.2) is 43.5 Å². The van der Waals surface area contributed by atoms with Gasteiger partial charge in [-0.2, -0.15) is 0 Å². The van der Waals surface area contributed by atoms with Crippen molar-refractivity contribution in [3.8, 4) is 0 Å². The lowest BCUT2D eigenvalue weighted by molar-refractivity contribution is -0.125. The second-order valence-corrected chi connectivity index (χ2v) is 3.11. The molecule has 0 radical (unpaired) electrons. The molecule has 0 aliphatic rings. The minimum absolute atomic E-state index is 0.0573. The Morgan fingerprint density at radius 3 is 2.54 bits per heavy atom. The van der Waals surface area contributed by atoms with Crippen molar-refractivity contribution < 1.29 is 4.79 Å². The van der Waals surface area contributed by atoms with E-state index in [-0.39, 0.29) is 11.9 Å². The predicted molar refractivity (Wildman–Crippen MR) is 54.4 cm³/mol. The van der Waals surface area contributed by atoms with Gasteiger partial charge in [-0.05, 0) is 19.9 Å². The number of amides is 1. The molecule has 4 heteroatoms. The number of likely N-dealkylation sites (N-methyl/N-ethyl adjacent to an activating group) is 1. The van der Waals surface area contributed by atoms with Crippen LogP contribution in [0, 0.1) is 0 Å². The van der Waals surface area contributed by atoms with Gasteiger partial charge in [0.2, 0.25) is 5.91 Å². The van der Waals surface area contributed by atoms with Crippen LogP contribution in [0.3, 0.4) is 0 Å². The van der Waals surface area contributed by atoms with E-state index in [4.69, 9.17) is 5.73 Å². The van der Waals surface area contributed by atoms with Crippen molar-refractivity contribution >= 4 is 5.91 Å². The maximum Gasteiger partial charge on any atom is 0.236 e. The van der Waals surface area contributed by atoms with Gasteiger partial charge in [-0.25, -0.2) is 0 Å². The fourth-order valence-electron chi connectivity index (χ4n) is 1.33. The van der Waals surface area contributed by atoms with Crippen LogP contribution >= 0.6 is 0 Å².